The molecular weight excluding hydrogens is 597 g/mol. The third kappa shape index (κ3) is 29.8. The Bertz CT molecular complexity index is 724. The van der Waals surface area contributed by atoms with Crippen LogP contribution in [0.25, 0.3) is 0 Å². The molecule has 0 saturated heterocycles. The lowest BCUT2D eigenvalue weighted by molar-refractivity contribution is -0.870. The predicted molar refractivity (Wildman–Crippen MR) is 176 cm³/mol. The molecule has 0 spiro atoms. The molecule has 0 heterocycles. The quantitative estimate of drug-likeness (QED) is 0.0245. The molecule has 0 radical (unpaired) electrons. The second-order valence-electron chi connectivity index (χ2n) is 12.0. The van der Waals surface area contributed by atoms with Crippen molar-refractivity contribution in [1.29, 1.82) is 0 Å². The molecule has 0 aromatic rings. The van der Waals surface area contributed by atoms with Crippen LogP contribution < -0.4 is 0 Å². The summed E-state index contributed by atoms with van der Waals surface area (Å²) >= 11 is 8.46. The zero-order chi connectivity index (χ0) is 31.5. The number of thiol groups is 2. The molecule has 12 heteroatoms. The summed E-state index contributed by atoms with van der Waals surface area (Å²) in [5.74, 6) is 1.05. The fraction of sp³-hybridized carbons (Fsp3) is 0.933. The SMILES string of the molecule is C[N+](C)(C)CCOP(=O)(O)OCC(COC(=O)CCCCCCCCCCS)OC(=O)CCCCCCCCCCS. The first-order valence-electron chi connectivity index (χ1n) is 16.0. The number of carbonyl (C=O) groups is 2. The Kier molecular flexibility index (Phi) is 26.9. The summed E-state index contributed by atoms with van der Waals surface area (Å²) in [5.41, 5.74) is 0. The maximum Gasteiger partial charge on any atom is 0.472 e. The molecule has 250 valence electrons. The third-order valence-electron chi connectivity index (χ3n) is 6.75. The molecule has 2 atom stereocenters. The topological polar surface area (TPSA) is 108 Å². The number of phosphoric acid groups is 1. The molecule has 2 unspecified atom stereocenters. The van der Waals surface area contributed by atoms with Gasteiger partial charge in [-0.25, -0.2) is 4.57 Å². The lowest BCUT2D eigenvalue weighted by Gasteiger charge is -2.24. The maximum absolute atomic E-state index is 12.5. The lowest BCUT2D eigenvalue weighted by atomic mass is 10.1. The number of quaternary nitrogens is 1. The largest absolute Gasteiger partial charge is 0.472 e. The molecule has 0 aliphatic heterocycles. The van der Waals surface area contributed by atoms with Crippen LogP contribution in [-0.4, -0.2) is 86.4 Å². The molecule has 0 aliphatic rings. The highest BCUT2D eigenvalue weighted by atomic mass is 32.1. The van der Waals surface area contributed by atoms with E-state index in [9.17, 15) is 19.0 Å². The highest BCUT2D eigenvalue weighted by molar-refractivity contribution is 7.80. The van der Waals surface area contributed by atoms with E-state index in [2.05, 4.69) is 25.3 Å². The number of ether oxygens (including phenoxy) is 2. The Hall–Kier alpha value is -0.290. The number of likely N-dealkylation sites (N-methyl/N-ethyl adjacent to an activating group) is 1. The fourth-order valence-electron chi connectivity index (χ4n) is 4.15. The van der Waals surface area contributed by atoms with Crippen LogP contribution >= 0.6 is 33.1 Å². The first-order chi connectivity index (χ1) is 20.0. The van der Waals surface area contributed by atoms with E-state index in [1.54, 1.807) is 0 Å². The lowest BCUT2D eigenvalue weighted by Crippen LogP contribution is -2.37. The van der Waals surface area contributed by atoms with Crippen molar-refractivity contribution < 1.29 is 42.1 Å². The Morgan fingerprint density at radius 2 is 1.10 bits per heavy atom. The van der Waals surface area contributed by atoms with E-state index in [1.807, 2.05) is 21.1 Å². The van der Waals surface area contributed by atoms with Gasteiger partial charge in [0.1, 0.15) is 19.8 Å². The van der Waals surface area contributed by atoms with Crippen molar-refractivity contribution >= 4 is 45.0 Å². The van der Waals surface area contributed by atoms with Crippen LogP contribution in [0.5, 0.6) is 0 Å². The van der Waals surface area contributed by atoms with Gasteiger partial charge in [-0.3, -0.25) is 18.6 Å². The van der Waals surface area contributed by atoms with Crippen molar-refractivity contribution in [2.75, 3.05) is 59.0 Å². The Balaban J connectivity index is 4.51. The van der Waals surface area contributed by atoms with E-state index in [0.29, 0.717) is 17.4 Å². The average Bonchev–Trinajstić information content (AvgIpc) is 2.92. The highest BCUT2D eigenvalue weighted by Gasteiger charge is 2.27. The number of carbonyl (C=O) groups excluding carboxylic acids is 2. The number of esters is 2. The van der Waals surface area contributed by atoms with Gasteiger partial charge in [0, 0.05) is 12.8 Å². The van der Waals surface area contributed by atoms with Crippen LogP contribution in [0, 0.1) is 0 Å². The molecule has 0 rings (SSSR count). The third-order valence-corrected chi connectivity index (χ3v) is 8.36. The molecular formula is C30H61NO8PS2+. The molecule has 0 amide bonds. The highest BCUT2D eigenvalue weighted by Crippen LogP contribution is 2.43. The van der Waals surface area contributed by atoms with Crippen molar-refractivity contribution in [1.82, 2.24) is 0 Å². The minimum Gasteiger partial charge on any atom is -0.462 e. The summed E-state index contributed by atoms with van der Waals surface area (Å²) in [6, 6.07) is 0. The first-order valence-corrected chi connectivity index (χ1v) is 18.7. The molecule has 0 aromatic heterocycles. The molecule has 0 bridgehead atoms. The second-order valence-corrected chi connectivity index (χ2v) is 14.4. The summed E-state index contributed by atoms with van der Waals surface area (Å²) in [7, 11) is 1.46. The minimum atomic E-state index is -4.36. The summed E-state index contributed by atoms with van der Waals surface area (Å²) in [5, 5.41) is 0. The van der Waals surface area contributed by atoms with Gasteiger partial charge in [0.05, 0.1) is 27.7 Å². The van der Waals surface area contributed by atoms with E-state index >= 15 is 0 Å². The normalized spacial score (nSPS) is 14.0. The fourth-order valence-corrected chi connectivity index (χ4v) is 5.34. The van der Waals surface area contributed by atoms with Gasteiger partial charge in [-0.05, 0) is 37.2 Å². The van der Waals surface area contributed by atoms with Crippen LogP contribution in [0.3, 0.4) is 0 Å². The Labute approximate surface area is 267 Å². The van der Waals surface area contributed by atoms with E-state index < -0.39 is 26.5 Å². The summed E-state index contributed by atoms with van der Waals surface area (Å²) in [4.78, 5) is 34.8. The number of phosphoric ester groups is 1. The van der Waals surface area contributed by atoms with Gasteiger partial charge in [0.2, 0.25) is 0 Å². The number of hydrogen-bond donors (Lipinski definition) is 3. The number of unbranched alkanes of at least 4 members (excludes halogenated alkanes) is 14. The Morgan fingerprint density at radius 1 is 0.667 bits per heavy atom. The summed E-state index contributed by atoms with van der Waals surface area (Å²) in [6.07, 6.45) is 16.9. The van der Waals surface area contributed by atoms with Crippen LogP contribution in [0.15, 0.2) is 0 Å². The molecule has 42 heavy (non-hydrogen) atoms. The van der Waals surface area contributed by atoms with Crippen molar-refractivity contribution in [3.8, 4) is 0 Å². The standard InChI is InChI=1S/C30H60NO8PS2/c1-31(2,3)22-23-37-40(34,35)38-27-28(39-30(33)21-17-13-9-5-7-11-15-19-25-42)26-36-29(32)20-16-12-8-4-6-10-14-18-24-41/h28H,4-27H2,1-3H3,(H2-,34,35,41,42)/p+1. The molecule has 0 saturated carbocycles. The van der Waals surface area contributed by atoms with E-state index in [4.69, 9.17) is 18.5 Å². The van der Waals surface area contributed by atoms with Gasteiger partial charge >= 0.3 is 19.8 Å². The zero-order valence-corrected chi connectivity index (χ0v) is 29.3. The van der Waals surface area contributed by atoms with Gasteiger partial charge in [-0.1, -0.05) is 77.0 Å². The molecule has 0 aliphatic carbocycles. The van der Waals surface area contributed by atoms with Gasteiger partial charge < -0.3 is 18.9 Å². The van der Waals surface area contributed by atoms with Crippen molar-refractivity contribution in [3.63, 3.8) is 0 Å². The molecule has 9 nitrogen and oxygen atoms in total. The van der Waals surface area contributed by atoms with Crippen molar-refractivity contribution in [2.45, 2.75) is 122 Å². The van der Waals surface area contributed by atoms with Gasteiger partial charge in [-0.15, -0.1) is 0 Å². The van der Waals surface area contributed by atoms with Crippen molar-refractivity contribution in [2.24, 2.45) is 0 Å². The van der Waals surface area contributed by atoms with E-state index in [-0.39, 0.29) is 32.0 Å². The van der Waals surface area contributed by atoms with Crippen LogP contribution in [0.2, 0.25) is 0 Å². The second kappa shape index (κ2) is 27.1. The summed E-state index contributed by atoms with van der Waals surface area (Å²) in [6.45, 7) is -0.102. The number of nitrogens with zero attached hydrogens (tertiary/aromatic N) is 1. The van der Waals surface area contributed by atoms with Gasteiger partial charge in [-0.2, -0.15) is 25.3 Å². The zero-order valence-electron chi connectivity index (χ0n) is 26.6. The summed E-state index contributed by atoms with van der Waals surface area (Å²) < 4.78 is 33.9. The van der Waals surface area contributed by atoms with Crippen LogP contribution in [-0.2, 0) is 32.7 Å². The van der Waals surface area contributed by atoms with Crippen molar-refractivity contribution in [3.05, 3.63) is 0 Å². The van der Waals surface area contributed by atoms with E-state index in [1.165, 1.54) is 38.5 Å². The monoisotopic (exact) mass is 658 g/mol. The van der Waals surface area contributed by atoms with Gasteiger partial charge in [0.25, 0.3) is 0 Å². The van der Waals surface area contributed by atoms with E-state index in [0.717, 1.165) is 69.3 Å². The number of rotatable bonds is 30. The first kappa shape index (κ1) is 41.7. The Morgan fingerprint density at radius 3 is 1.55 bits per heavy atom. The predicted octanol–water partition coefficient (Wildman–Crippen LogP) is 7.16. The smallest absolute Gasteiger partial charge is 0.462 e. The average molecular weight is 659 g/mol. The van der Waals surface area contributed by atoms with Crippen LogP contribution in [0.4, 0.5) is 0 Å². The van der Waals surface area contributed by atoms with Gasteiger partial charge in [0.15, 0.2) is 6.10 Å². The van der Waals surface area contributed by atoms with Crippen LogP contribution in [0.1, 0.15) is 116 Å². The minimum absolute atomic E-state index is 0.0293. The number of hydrogen-bond acceptors (Lipinski definition) is 9. The maximum atomic E-state index is 12.5. The molecule has 0 fully saturated rings. The molecule has 0 aromatic carbocycles. The molecule has 1 N–H and O–H groups in total.